The molecular weight excluding hydrogens is 414 g/mol. The van der Waals surface area contributed by atoms with Crippen LogP contribution < -0.4 is 0 Å². The lowest BCUT2D eigenvalue weighted by Crippen LogP contribution is -2.12. The molecule has 0 spiro atoms. The minimum absolute atomic E-state index is 0.232. The van der Waals surface area contributed by atoms with Crippen LogP contribution in [-0.2, 0) is 27.3 Å². The van der Waals surface area contributed by atoms with Gasteiger partial charge in [-0.05, 0) is 49.3 Å². The molecule has 1 aromatic heterocycles. The van der Waals surface area contributed by atoms with Crippen LogP contribution in [0.5, 0.6) is 0 Å². The summed E-state index contributed by atoms with van der Waals surface area (Å²) < 4.78 is 11.4. The van der Waals surface area contributed by atoms with Gasteiger partial charge in [0.15, 0.2) is 0 Å². The number of aromatic nitrogens is 1. The zero-order chi connectivity index (χ0) is 23.5. The van der Waals surface area contributed by atoms with Gasteiger partial charge >= 0.3 is 11.9 Å². The van der Waals surface area contributed by atoms with E-state index in [1.165, 1.54) is 51.9 Å². The quantitative estimate of drug-likeness (QED) is 0.500. The van der Waals surface area contributed by atoms with E-state index in [2.05, 4.69) is 4.98 Å². The highest BCUT2D eigenvalue weighted by atomic mass is 16.5. The SMILES string of the molecule is CC(=O)OC1CCCCCCCCCCCCc2c1[nH]c(C(=O)OCc1ccccc1)c2C. The second-order valence-corrected chi connectivity index (χ2v) is 9.25. The van der Waals surface area contributed by atoms with Crippen LogP contribution in [0.15, 0.2) is 30.3 Å². The number of carbonyl (C=O) groups excluding carboxylic acids is 2. The van der Waals surface area contributed by atoms with Gasteiger partial charge in [-0.2, -0.15) is 0 Å². The van der Waals surface area contributed by atoms with Crippen LogP contribution in [0.4, 0.5) is 0 Å². The van der Waals surface area contributed by atoms with Gasteiger partial charge in [0.05, 0.1) is 5.69 Å². The number of aromatic amines is 1. The maximum absolute atomic E-state index is 13.0. The molecule has 0 amide bonds. The van der Waals surface area contributed by atoms with E-state index in [-0.39, 0.29) is 24.6 Å². The van der Waals surface area contributed by atoms with Crippen LogP contribution in [0.2, 0.25) is 0 Å². The summed E-state index contributed by atoms with van der Waals surface area (Å²) in [6, 6.07) is 9.69. The predicted molar refractivity (Wildman–Crippen MR) is 130 cm³/mol. The molecule has 180 valence electrons. The Morgan fingerprint density at radius 2 is 1.52 bits per heavy atom. The van der Waals surface area contributed by atoms with Gasteiger partial charge in [-0.15, -0.1) is 0 Å². The van der Waals surface area contributed by atoms with E-state index in [0.29, 0.717) is 5.69 Å². The van der Waals surface area contributed by atoms with Crippen molar-refractivity contribution in [1.82, 2.24) is 4.98 Å². The number of benzene rings is 1. The topological polar surface area (TPSA) is 68.4 Å². The first kappa shape index (κ1) is 25.1. The summed E-state index contributed by atoms with van der Waals surface area (Å²) in [7, 11) is 0. The number of rotatable bonds is 4. The molecular formula is C28H39NO4. The van der Waals surface area contributed by atoms with Crippen molar-refractivity contribution < 1.29 is 19.1 Å². The van der Waals surface area contributed by atoms with Gasteiger partial charge in [0.1, 0.15) is 18.4 Å². The summed E-state index contributed by atoms with van der Waals surface area (Å²) in [5.74, 6) is -0.649. The number of esters is 2. The van der Waals surface area contributed by atoms with Crippen LogP contribution in [-0.4, -0.2) is 16.9 Å². The lowest BCUT2D eigenvalue weighted by Gasteiger charge is -2.18. The molecule has 0 saturated carbocycles. The first-order valence-corrected chi connectivity index (χ1v) is 12.7. The van der Waals surface area contributed by atoms with E-state index in [9.17, 15) is 9.59 Å². The van der Waals surface area contributed by atoms with E-state index < -0.39 is 0 Å². The van der Waals surface area contributed by atoms with Gasteiger partial charge in [-0.25, -0.2) is 4.79 Å². The molecule has 0 saturated heterocycles. The number of hydrogen-bond acceptors (Lipinski definition) is 4. The summed E-state index contributed by atoms with van der Waals surface area (Å²) in [6.45, 7) is 3.67. The Bertz CT molecular complexity index is 887. The molecule has 33 heavy (non-hydrogen) atoms. The number of nitrogens with one attached hydrogen (secondary N) is 1. The van der Waals surface area contributed by atoms with Crippen molar-refractivity contribution in [2.24, 2.45) is 0 Å². The molecule has 0 radical (unpaired) electrons. The summed E-state index contributed by atoms with van der Waals surface area (Å²) in [5, 5.41) is 0. The predicted octanol–water partition coefficient (Wildman–Crippen LogP) is 7.13. The zero-order valence-corrected chi connectivity index (χ0v) is 20.3. The highest BCUT2D eigenvalue weighted by Gasteiger charge is 2.26. The molecule has 5 heteroatoms. The fourth-order valence-corrected chi connectivity index (χ4v) is 4.76. The third-order valence-corrected chi connectivity index (χ3v) is 6.60. The van der Waals surface area contributed by atoms with E-state index in [0.717, 1.165) is 54.5 Å². The largest absolute Gasteiger partial charge is 0.456 e. The monoisotopic (exact) mass is 453 g/mol. The molecule has 1 heterocycles. The standard InChI is InChI=1S/C28H39NO4/c1-21-24-18-14-9-7-5-3-4-6-8-10-15-19-25(33-22(2)30)27(24)29-26(21)28(31)32-20-23-16-12-11-13-17-23/h11-13,16-17,25,29H,3-10,14-15,18-20H2,1-2H3. The molecule has 3 rings (SSSR count). The molecule has 1 unspecified atom stereocenters. The highest BCUT2D eigenvalue weighted by molar-refractivity contribution is 5.90. The third kappa shape index (κ3) is 7.76. The van der Waals surface area contributed by atoms with Gasteiger partial charge in [0.2, 0.25) is 0 Å². The molecule has 0 aliphatic heterocycles. The van der Waals surface area contributed by atoms with E-state index in [1.54, 1.807) is 0 Å². The Morgan fingerprint density at radius 1 is 0.909 bits per heavy atom. The molecule has 2 aromatic rings. The van der Waals surface area contributed by atoms with Crippen molar-refractivity contribution in [3.8, 4) is 0 Å². The highest BCUT2D eigenvalue weighted by Crippen LogP contribution is 2.32. The molecule has 1 aliphatic rings. The molecule has 1 aromatic carbocycles. The average molecular weight is 454 g/mol. The van der Waals surface area contributed by atoms with Crippen molar-refractivity contribution in [2.45, 2.75) is 104 Å². The summed E-state index contributed by atoms with van der Waals surface area (Å²) in [4.78, 5) is 28.2. The molecule has 1 aliphatic carbocycles. The molecule has 5 nitrogen and oxygen atoms in total. The number of fused-ring (bicyclic) bond motifs is 1. The zero-order valence-electron chi connectivity index (χ0n) is 20.3. The molecule has 0 bridgehead atoms. The van der Waals surface area contributed by atoms with Crippen LogP contribution in [0.25, 0.3) is 0 Å². The fourth-order valence-electron chi connectivity index (χ4n) is 4.76. The van der Waals surface area contributed by atoms with Crippen LogP contribution in [0, 0.1) is 6.92 Å². The molecule has 1 N–H and O–H groups in total. The lowest BCUT2D eigenvalue weighted by atomic mass is 9.97. The van der Waals surface area contributed by atoms with Crippen molar-refractivity contribution in [3.63, 3.8) is 0 Å². The van der Waals surface area contributed by atoms with Gasteiger partial charge < -0.3 is 14.5 Å². The normalized spacial score (nSPS) is 18.4. The van der Waals surface area contributed by atoms with E-state index in [1.807, 2.05) is 37.3 Å². The second-order valence-electron chi connectivity index (χ2n) is 9.25. The molecule has 1 atom stereocenters. The van der Waals surface area contributed by atoms with Gasteiger partial charge in [-0.3, -0.25) is 4.79 Å². The van der Waals surface area contributed by atoms with Gasteiger partial charge in [0, 0.05) is 6.92 Å². The minimum Gasteiger partial charge on any atom is -0.456 e. The Hall–Kier alpha value is -2.56. The maximum atomic E-state index is 13.0. The smallest absolute Gasteiger partial charge is 0.355 e. The van der Waals surface area contributed by atoms with Crippen molar-refractivity contribution in [1.29, 1.82) is 0 Å². The second kappa shape index (κ2) is 13.2. The number of hydrogen-bond donors (Lipinski definition) is 1. The maximum Gasteiger partial charge on any atom is 0.355 e. The summed E-state index contributed by atoms with van der Waals surface area (Å²) >= 11 is 0. The van der Waals surface area contributed by atoms with Crippen molar-refractivity contribution in [3.05, 3.63) is 58.4 Å². The number of ether oxygens (including phenoxy) is 2. The first-order valence-electron chi connectivity index (χ1n) is 12.7. The van der Waals surface area contributed by atoms with Crippen molar-refractivity contribution >= 4 is 11.9 Å². The Kier molecular flexibility index (Phi) is 10.0. The van der Waals surface area contributed by atoms with Crippen LogP contribution in [0.1, 0.15) is 117 Å². The van der Waals surface area contributed by atoms with Gasteiger partial charge in [-0.1, -0.05) is 81.7 Å². The Balaban J connectivity index is 1.82. The van der Waals surface area contributed by atoms with Crippen LogP contribution in [0.3, 0.4) is 0 Å². The van der Waals surface area contributed by atoms with E-state index in [4.69, 9.17) is 9.47 Å². The lowest BCUT2D eigenvalue weighted by molar-refractivity contribution is -0.147. The van der Waals surface area contributed by atoms with E-state index >= 15 is 0 Å². The summed E-state index contributed by atoms with van der Waals surface area (Å²) in [5.41, 5.74) is 4.35. The minimum atomic E-state index is -0.361. The molecule has 0 fully saturated rings. The Morgan fingerprint density at radius 3 is 2.15 bits per heavy atom. The average Bonchev–Trinajstić information content (AvgIpc) is 3.13. The number of carbonyl (C=O) groups is 2. The van der Waals surface area contributed by atoms with Crippen molar-refractivity contribution in [2.75, 3.05) is 0 Å². The van der Waals surface area contributed by atoms with Gasteiger partial charge in [0.25, 0.3) is 0 Å². The summed E-state index contributed by atoms with van der Waals surface area (Å²) in [6.07, 6.45) is 13.4. The fraction of sp³-hybridized carbons (Fsp3) is 0.571. The Labute approximate surface area is 198 Å². The first-order chi connectivity index (χ1) is 16.1. The number of H-pyrrole nitrogens is 1. The van der Waals surface area contributed by atoms with Crippen LogP contribution >= 0.6 is 0 Å². The third-order valence-electron chi connectivity index (χ3n) is 6.60.